The van der Waals surface area contributed by atoms with Gasteiger partial charge < -0.3 is 5.32 Å². The molecule has 0 unspecified atom stereocenters. The van der Waals surface area contributed by atoms with E-state index in [2.05, 4.69) is 69.1 Å². The van der Waals surface area contributed by atoms with Crippen LogP contribution in [0.1, 0.15) is 16.7 Å². The lowest BCUT2D eigenvalue weighted by Crippen LogP contribution is -2.19. The van der Waals surface area contributed by atoms with Crippen molar-refractivity contribution in [2.45, 2.75) is 19.6 Å². The van der Waals surface area contributed by atoms with Gasteiger partial charge in [0.15, 0.2) is 5.17 Å². The summed E-state index contributed by atoms with van der Waals surface area (Å²) in [6, 6.07) is 30.6. The number of aliphatic imine (C=N–C) groups is 2. The fourth-order valence-corrected chi connectivity index (χ4v) is 2.89. The van der Waals surface area contributed by atoms with Gasteiger partial charge in [-0.15, -0.1) is 0 Å². The highest BCUT2D eigenvalue weighted by molar-refractivity contribution is 8.13. The molecule has 0 aromatic heterocycles. The first-order chi connectivity index (χ1) is 14.3. The molecule has 0 radical (unpaired) electrons. The maximum Gasteiger partial charge on any atom is 0.156 e. The Balaban J connectivity index is 0.000000253. The minimum absolute atomic E-state index is 0.643. The molecule has 0 spiro atoms. The first kappa shape index (κ1) is 22.6. The van der Waals surface area contributed by atoms with Gasteiger partial charge in [0.05, 0.1) is 18.3 Å². The number of nitrogens with zero attached hydrogens (tertiary/aromatic N) is 2. The fourth-order valence-electron chi connectivity index (χ4n) is 2.42. The van der Waals surface area contributed by atoms with Crippen LogP contribution in [0.15, 0.2) is 101 Å². The summed E-state index contributed by atoms with van der Waals surface area (Å²) >= 11 is 6.08. The van der Waals surface area contributed by atoms with Gasteiger partial charge in [-0.1, -0.05) is 103 Å². The molecule has 0 amide bonds. The molecule has 1 N–H and O–H groups in total. The van der Waals surface area contributed by atoms with Crippen LogP contribution in [0.4, 0.5) is 0 Å². The number of hydrogen-bond donors (Lipinski definition) is 1. The van der Waals surface area contributed by atoms with Crippen molar-refractivity contribution in [1.29, 1.82) is 0 Å². The van der Waals surface area contributed by atoms with Crippen LogP contribution in [0.5, 0.6) is 0 Å². The first-order valence-corrected chi connectivity index (χ1v) is 10.9. The number of thiocarbonyl (C=S) groups is 1. The van der Waals surface area contributed by atoms with Crippen LogP contribution in [-0.2, 0) is 19.6 Å². The van der Waals surface area contributed by atoms with Crippen molar-refractivity contribution >= 4 is 34.3 Å². The zero-order chi connectivity index (χ0) is 20.6. The van der Waals surface area contributed by atoms with Gasteiger partial charge in [-0.3, -0.25) is 4.99 Å². The number of amidine groups is 1. The van der Waals surface area contributed by atoms with E-state index < -0.39 is 0 Å². The topological polar surface area (TPSA) is 36.8 Å². The van der Waals surface area contributed by atoms with E-state index in [0.29, 0.717) is 6.54 Å². The molecule has 3 aromatic rings. The molecule has 0 bridgehead atoms. The van der Waals surface area contributed by atoms with Crippen molar-refractivity contribution < 1.29 is 0 Å². The van der Waals surface area contributed by atoms with E-state index in [9.17, 15) is 0 Å². The van der Waals surface area contributed by atoms with E-state index in [0.717, 1.165) is 18.3 Å². The number of hydrogen-bond acceptors (Lipinski definition) is 4. The third-order valence-corrected chi connectivity index (χ3v) is 4.69. The molecular formula is C24H25N3S2. The van der Waals surface area contributed by atoms with E-state index in [1.165, 1.54) is 16.7 Å². The third kappa shape index (κ3) is 9.86. The molecule has 0 saturated heterocycles. The van der Waals surface area contributed by atoms with Gasteiger partial charge >= 0.3 is 0 Å². The standard InChI is InChI=1S/C16H18N2S.C8H7NS/c1-19-16(17-12-14-8-4-2-5-9-14)18-13-15-10-6-3-7-11-15;10-7-9-6-8-4-2-1-3-5-8/h2-11H,12-13H2,1H3,(H,17,18);1-5H,6H2. The highest BCUT2D eigenvalue weighted by Gasteiger charge is 1.97. The zero-order valence-electron chi connectivity index (χ0n) is 16.5. The summed E-state index contributed by atoms with van der Waals surface area (Å²) in [5.74, 6) is 0. The zero-order valence-corrected chi connectivity index (χ0v) is 18.1. The Morgan fingerprint density at radius 1 is 0.793 bits per heavy atom. The smallest absolute Gasteiger partial charge is 0.156 e. The summed E-state index contributed by atoms with van der Waals surface area (Å²) in [6.07, 6.45) is 2.04. The summed E-state index contributed by atoms with van der Waals surface area (Å²) in [7, 11) is 0. The van der Waals surface area contributed by atoms with Crippen molar-refractivity contribution in [2.75, 3.05) is 6.26 Å². The molecule has 3 rings (SSSR count). The van der Waals surface area contributed by atoms with Crippen molar-refractivity contribution in [1.82, 2.24) is 5.32 Å². The summed E-state index contributed by atoms with van der Waals surface area (Å²) in [5, 5.41) is 6.67. The van der Waals surface area contributed by atoms with Crippen molar-refractivity contribution in [3.63, 3.8) is 0 Å². The highest BCUT2D eigenvalue weighted by atomic mass is 32.2. The third-order valence-electron chi connectivity index (χ3n) is 3.90. The molecule has 0 aliphatic rings. The molecular weight excluding hydrogens is 394 g/mol. The lowest BCUT2D eigenvalue weighted by Gasteiger charge is -2.07. The Morgan fingerprint density at radius 3 is 1.76 bits per heavy atom. The van der Waals surface area contributed by atoms with Crippen molar-refractivity contribution in [3.05, 3.63) is 108 Å². The largest absolute Gasteiger partial charge is 0.361 e. The lowest BCUT2D eigenvalue weighted by atomic mass is 10.2. The maximum atomic E-state index is 4.60. The van der Waals surface area contributed by atoms with Gasteiger partial charge in [0.25, 0.3) is 0 Å². The Morgan fingerprint density at radius 2 is 1.28 bits per heavy atom. The summed E-state index contributed by atoms with van der Waals surface area (Å²) < 4.78 is 0. The highest BCUT2D eigenvalue weighted by Crippen LogP contribution is 2.05. The van der Waals surface area contributed by atoms with Crippen LogP contribution in [-0.4, -0.2) is 16.6 Å². The average molecular weight is 420 g/mol. The Bertz CT molecular complexity index is 891. The minimum Gasteiger partial charge on any atom is -0.361 e. The molecule has 5 heteroatoms. The van der Waals surface area contributed by atoms with Gasteiger partial charge in [0.1, 0.15) is 0 Å². The molecule has 0 atom stereocenters. The lowest BCUT2D eigenvalue weighted by molar-refractivity contribution is 0.911. The number of rotatable bonds is 6. The van der Waals surface area contributed by atoms with Gasteiger partial charge in [0, 0.05) is 6.54 Å². The molecule has 0 aliphatic heterocycles. The van der Waals surface area contributed by atoms with E-state index >= 15 is 0 Å². The van der Waals surface area contributed by atoms with E-state index in [-0.39, 0.29) is 0 Å². The SMILES string of the molecule is CSC(=NCc1ccccc1)NCc1ccccc1.S=C=NCc1ccccc1. The van der Waals surface area contributed by atoms with Crippen LogP contribution in [0.25, 0.3) is 0 Å². The summed E-state index contributed by atoms with van der Waals surface area (Å²) in [6.45, 7) is 2.18. The van der Waals surface area contributed by atoms with Gasteiger partial charge in [-0.05, 0) is 35.2 Å². The van der Waals surface area contributed by atoms with Crippen LogP contribution in [0, 0.1) is 0 Å². The fraction of sp³-hybridized carbons (Fsp3) is 0.167. The summed E-state index contributed by atoms with van der Waals surface area (Å²) in [5.41, 5.74) is 3.67. The summed E-state index contributed by atoms with van der Waals surface area (Å²) in [4.78, 5) is 8.40. The molecule has 3 aromatic carbocycles. The Kier molecular flexibility index (Phi) is 11.1. The number of isothiocyanates is 1. The molecule has 0 fully saturated rings. The van der Waals surface area contributed by atoms with E-state index in [1.54, 1.807) is 11.8 Å². The number of thioether (sulfide) groups is 1. The van der Waals surface area contributed by atoms with Crippen LogP contribution in [0.3, 0.4) is 0 Å². The quantitative estimate of drug-likeness (QED) is 0.303. The van der Waals surface area contributed by atoms with E-state index in [4.69, 9.17) is 0 Å². The molecule has 3 nitrogen and oxygen atoms in total. The predicted molar refractivity (Wildman–Crippen MR) is 130 cm³/mol. The number of nitrogens with one attached hydrogen (secondary N) is 1. The minimum atomic E-state index is 0.643. The monoisotopic (exact) mass is 419 g/mol. The van der Waals surface area contributed by atoms with Crippen LogP contribution in [0.2, 0.25) is 0 Å². The van der Waals surface area contributed by atoms with E-state index in [1.807, 2.05) is 60.9 Å². The number of benzene rings is 3. The molecule has 0 heterocycles. The van der Waals surface area contributed by atoms with Crippen molar-refractivity contribution in [2.24, 2.45) is 9.98 Å². The predicted octanol–water partition coefficient (Wildman–Crippen LogP) is 5.98. The Hall–Kier alpha value is -2.72. The molecule has 0 aliphatic carbocycles. The van der Waals surface area contributed by atoms with Crippen LogP contribution >= 0.6 is 24.0 Å². The molecule has 148 valence electrons. The Labute approximate surface area is 183 Å². The van der Waals surface area contributed by atoms with Crippen LogP contribution < -0.4 is 5.32 Å². The van der Waals surface area contributed by atoms with Gasteiger partial charge in [-0.2, -0.15) is 0 Å². The second kappa shape index (κ2) is 14.3. The first-order valence-electron chi connectivity index (χ1n) is 9.29. The van der Waals surface area contributed by atoms with Crippen molar-refractivity contribution in [3.8, 4) is 0 Å². The van der Waals surface area contributed by atoms with Gasteiger partial charge in [-0.25, -0.2) is 4.99 Å². The normalized spacial score (nSPS) is 10.3. The average Bonchev–Trinajstić information content (AvgIpc) is 2.80. The molecule has 0 saturated carbocycles. The maximum absolute atomic E-state index is 4.60. The second-order valence-corrected chi connectivity index (χ2v) is 7.02. The molecule has 29 heavy (non-hydrogen) atoms. The second-order valence-electron chi connectivity index (χ2n) is 6.04. The van der Waals surface area contributed by atoms with Gasteiger partial charge in [0.2, 0.25) is 0 Å².